The van der Waals surface area contributed by atoms with Crippen molar-refractivity contribution in [3.63, 3.8) is 0 Å². The fraction of sp³-hybridized carbons (Fsp3) is 0.400. The van der Waals surface area contributed by atoms with Crippen LogP contribution < -0.4 is 5.32 Å². The monoisotopic (exact) mass is 302 g/mol. The van der Waals surface area contributed by atoms with Gasteiger partial charge >= 0.3 is 0 Å². The Hall–Kier alpha value is -2.57. The number of amides is 1. The molecule has 0 saturated heterocycles. The highest BCUT2D eigenvalue weighted by Crippen LogP contribution is 2.19. The largest absolute Gasteiger partial charge is 0.485 e. The minimum absolute atomic E-state index is 0.162. The molecular formula is C15H18N4O3. The fourth-order valence-electron chi connectivity index (χ4n) is 2.38. The van der Waals surface area contributed by atoms with Gasteiger partial charge in [-0.3, -0.25) is 9.48 Å². The zero-order valence-corrected chi connectivity index (χ0v) is 12.8. The highest BCUT2D eigenvalue weighted by molar-refractivity contribution is 5.94. The van der Waals surface area contributed by atoms with Gasteiger partial charge in [-0.05, 0) is 26.8 Å². The summed E-state index contributed by atoms with van der Waals surface area (Å²) in [7, 11) is 0. The first-order chi connectivity index (χ1) is 10.5. The van der Waals surface area contributed by atoms with Crippen molar-refractivity contribution in [1.82, 2.24) is 14.9 Å². The van der Waals surface area contributed by atoms with Gasteiger partial charge in [-0.15, -0.1) is 0 Å². The molecule has 1 aliphatic rings. The Kier molecular flexibility index (Phi) is 3.70. The molecular weight excluding hydrogens is 284 g/mol. The van der Waals surface area contributed by atoms with Crippen LogP contribution in [0.15, 0.2) is 28.8 Å². The number of anilines is 1. The number of aromatic nitrogens is 3. The van der Waals surface area contributed by atoms with Crippen molar-refractivity contribution in [3.8, 4) is 0 Å². The first kappa shape index (κ1) is 14.4. The first-order valence-corrected chi connectivity index (χ1v) is 7.11. The van der Waals surface area contributed by atoms with Gasteiger partial charge in [-0.25, -0.2) is 0 Å². The molecule has 0 fully saturated rings. The number of nitrogens with one attached hydrogen (secondary N) is 1. The quantitative estimate of drug-likeness (QED) is 0.936. The lowest BCUT2D eigenvalue weighted by atomic mass is 10.2. The minimum atomic E-state index is -0.453. The molecule has 2 aromatic heterocycles. The Morgan fingerprint density at radius 3 is 2.91 bits per heavy atom. The molecule has 1 amide bonds. The number of aryl methyl sites for hydroxylation is 2. The summed E-state index contributed by atoms with van der Waals surface area (Å²) < 4.78 is 12.3. The molecule has 0 saturated carbocycles. The zero-order chi connectivity index (χ0) is 15.7. The molecule has 1 unspecified atom stereocenters. The topological polar surface area (TPSA) is 82.2 Å². The van der Waals surface area contributed by atoms with Gasteiger partial charge in [0.1, 0.15) is 5.76 Å². The highest BCUT2D eigenvalue weighted by Gasteiger charge is 2.24. The number of ether oxygens (including phenoxy) is 1. The van der Waals surface area contributed by atoms with Gasteiger partial charge in [0.25, 0.3) is 5.91 Å². The normalized spacial score (nSPS) is 17.2. The van der Waals surface area contributed by atoms with Crippen LogP contribution in [0.2, 0.25) is 0 Å². The number of carbonyl (C=O) groups is 1. The summed E-state index contributed by atoms with van der Waals surface area (Å²) in [4.78, 5) is 12.1. The number of nitrogens with zero attached hydrogens (tertiary/aromatic N) is 3. The lowest BCUT2D eigenvalue weighted by molar-refractivity contribution is -0.124. The number of allylic oxidation sites excluding steroid dienone is 1. The van der Waals surface area contributed by atoms with Crippen molar-refractivity contribution in [3.05, 3.63) is 41.2 Å². The minimum Gasteiger partial charge on any atom is -0.485 e. The van der Waals surface area contributed by atoms with Gasteiger partial charge in [-0.1, -0.05) is 5.16 Å². The Balaban J connectivity index is 1.63. The standard InChI is InChI=1S/C15H18N4O3/c1-9-4-5-14(21-9)15(20)17-12-6-16-19(7-12)8-13-10(2)18-22-11(13)3/h4,6-7,14H,5,8H2,1-3H3,(H,17,20). The van der Waals surface area contributed by atoms with E-state index in [1.165, 1.54) is 0 Å². The summed E-state index contributed by atoms with van der Waals surface area (Å²) in [6.45, 7) is 6.16. The lowest BCUT2D eigenvalue weighted by Gasteiger charge is -2.10. The van der Waals surface area contributed by atoms with E-state index in [9.17, 15) is 4.79 Å². The van der Waals surface area contributed by atoms with Gasteiger partial charge in [0.15, 0.2) is 6.10 Å². The Labute approximate surface area is 127 Å². The maximum Gasteiger partial charge on any atom is 0.265 e. The van der Waals surface area contributed by atoms with Gasteiger partial charge < -0.3 is 14.6 Å². The molecule has 0 aliphatic carbocycles. The van der Waals surface area contributed by atoms with Gasteiger partial charge in [0.2, 0.25) is 0 Å². The predicted octanol–water partition coefficient (Wildman–Crippen LogP) is 2.17. The smallest absolute Gasteiger partial charge is 0.265 e. The van der Waals surface area contributed by atoms with E-state index in [4.69, 9.17) is 9.26 Å². The van der Waals surface area contributed by atoms with Crippen molar-refractivity contribution in [1.29, 1.82) is 0 Å². The first-order valence-electron chi connectivity index (χ1n) is 7.11. The molecule has 1 atom stereocenters. The summed E-state index contributed by atoms with van der Waals surface area (Å²) >= 11 is 0. The molecule has 3 heterocycles. The molecule has 1 aliphatic heterocycles. The third-order valence-electron chi connectivity index (χ3n) is 3.64. The Bertz CT molecular complexity index is 709. The van der Waals surface area contributed by atoms with Crippen molar-refractivity contribution in [2.24, 2.45) is 0 Å². The van der Waals surface area contributed by atoms with Crippen LogP contribution >= 0.6 is 0 Å². The number of hydrogen-bond donors (Lipinski definition) is 1. The second-order valence-corrected chi connectivity index (χ2v) is 5.38. The third-order valence-corrected chi connectivity index (χ3v) is 3.64. The second-order valence-electron chi connectivity index (χ2n) is 5.38. The number of carbonyl (C=O) groups excluding carboxylic acids is 1. The van der Waals surface area contributed by atoms with Crippen molar-refractivity contribution >= 4 is 11.6 Å². The van der Waals surface area contributed by atoms with E-state index < -0.39 is 6.10 Å². The van der Waals surface area contributed by atoms with E-state index in [1.54, 1.807) is 17.1 Å². The summed E-state index contributed by atoms with van der Waals surface area (Å²) in [6, 6.07) is 0. The molecule has 22 heavy (non-hydrogen) atoms. The average molecular weight is 302 g/mol. The van der Waals surface area contributed by atoms with Crippen LogP contribution in [0, 0.1) is 13.8 Å². The average Bonchev–Trinajstić information content (AvgIpc) is 3.17. The number of rotatable bonds is 4. The maximum atomic E-state index is 12.1. The summed E-state index contributed by atoms with van der Waals surface area (Å²) in [5, 5.41) is 11.0. The second kappa shape index (κ2) is 5.67. The van der Waals surface area contributed by atoms with Crippen LogP contribution in [0.25, 0.3) is 0 Å². The summed E-state index contributed by atoms with van der Waals surface area (Å²) in [5.41, 5.74) is 2.49. The van der Waals surface area contributed by atoms with Gasteiger partial charge in [0, 0.05) is 18.2 Å². The van der Waals surface area contributed by atoms with Crippen LogP contribution in [0.3, 0.4) is 0 Å². The van der Waals surface area contributed by atoms with Gasteiger partial charge in [0.05, 0.1) is 29.9 Å². The molecule has 2 aromatic rings. The molecule has 0 aromatic carbocycles. The van der Waals surface area contributed by atoms with Crippen molar-refractivity contribution < 1.29 is 14.1 Å². The van der Waals surface area contributed by atoms with Crippen LogP contribution in [-0.2, 0) is 16.1 Å². The van der Waals surface area contributed by atoms with Crippen LogP contribution in [-0.4, -0.2) is 26.9 Å². The summed E-state index contributed by atoms with van der Waals surface area (Å²) in [5.74, 6) is 1.40. The summed E-state index contributed by atoms with van der Waals surface area (Å²) in [6.07, 6.45) is 5.45. The van der Waals surface area contributed by atoms with E-state index in [0.717, 1.165) is 22.8 Å². The Morgan fingerprint density at radius 2 is 2.27 bits per heavy atom. The van der Waals surface area contributed by atoms with E-state index in [2.05, 4.69) is 15.6 Å². The van der Waals surface area contributed by atoms with E-state index in [-0.39, 0.29) is 5.91 Å². The van der Waals surface area contributed by atoms with E-state index in [1.807, 2.05) is 26.8 Å². The van der Waals surface area contributed by atoms with Crippen molar-refractivity contribution in [2.45, 2.75) is 39.8 Å². The molecule has 0 radical (unpaired) electrons. The predicted molar refractivity (Wildman–Crippen MR) is 79.2 cm³/mol. The SMILES string of the molecule is CC1=CCC(C(=O)Nc2cnn(Cc3c(C)noc3C)c2)O1. The lowest BCUT2D eigenvalue weighted by Crippen LogP contribution is -2.27. The van der Waals surface area contributed by atoms with Crippen LogP contribution in [0.1, 0.15) is 30.4 Å². The number of hydrogen-bond acceptors (Lipinski definition) is 5. The van der Waals surface area contributed by atoms with Crippen LogP contribution in [0.4, 0.5) is 5.69 Å². The third kappa shape index (κ3) is 2.88. The van der Waals surface area contributed by atoms with Crippen LogP contribution in [0.5, 0.6) is 0 Å². The molecule has 3 rings (SSSR count). The molecule has 116 valence electrons. The van der Waals surface area contributed by atoms with E-state index in [0.29, 0.717) is 18.7 Å². The molecule has 0 bridgehead atoms. The molecule has 0 spiro atoms. The van der Waals surface area contributed by atoms with E-state index >= 15 is 0 Å². The molecule has 7 nitrogen and oxygen atoms in total. The zero-order valence-electron chi connectivity index (χ0n) is 12.8. The Morgan fingerprint density at radius 1 is 1.45 bits per heavy atom. The molecule has 7 heteroatoms. The highest BCUT2D eigenvalue weighted by atomic mass is 16.5. The maximum absolute atomic E-state index is 12.1. The van der Waals surface area contributed by atoms with Crippen molar-refractivity contribution in [2.75, 3.05) is 5.32 Å². The molecule has 1 N–H and O–H groups in total. The van der Waals surface area contributed by atoms with Gasteiger partial charge in [-0.2, -0.15) is 5.10 Å². The fourth-order valence-corrected chi connectivity index (χ4v) is 2.38.